The van der Waals surface area contributed by atoms with E-state index in [4.69, 9.17) is 11.6 Å². The van der Waals surface area contributed by atoms with Crippen LogP contribution in [0.25, 0.3) is 11.1 Å². The topological polar surface area (TPSA) is 12.5 Å². The number of anilines is 1. The maximum atomic E-state index is 12.3. The molecule has 112 valence electrons. The molecule has 0 atom stereocenters. The van der Waals surface area contributed by atoms with Crippen molar-refractivity contribution in [3.05, 3.63) is 47.5 Å². The largest absolute Gasteiger partial charge is 0.573 e. The lowest BCUT2D eigenvalue weighted by Crippen LogP contribution is -2.17. The summed E-state index contributed by atoms with van der Waals surface area (Å²) in [5.41, 5.74) is 2.04. The molecule has 2 aromatic rings. The van der Waals surface area contributed by atoms with Gasteiger partial charge < -0.3 is 9.64 Å². The summed E-state index contributed by atoms with van der Waals surface area (Å²) in [4.78, 5) is 1.85. The second kappa shape index (κ2) is 5.85. The minimum Gasteiger partial charge on any atom is -0.406 e. The molecule has 0 saturated carbocycles. The molecule has 0 saturated heterocycles. The number of hydrogen-bond acceptors (Lipinski definition) is 2. The Bertz CT molecular complexity index is 641. The van der Waals surface area contributed by atoms with Gasteiger partial charge in [0.05, 0.1) is 5.02 Å². The molecule has 0 unspecified atom stereocenters. The molecule has 0 aliphatic carbocycles. The molecule has 0 radical (unpaired) electrons. The van der Waals surface area contributed by atoms with Crippen LogP contribution in [0.4, 0.5) is 18.9 Å². The third-order valence-corrected chi connectivity index (χ3v) is 3.14. The maximum Gasteiger partial charge on any atom is 0.573 e. The Morgan fingerprint density at radius 2 is 1.71 bits per heavy atom. The Hall–Kier alpha value is -1.88. The Labute approximate surface area is 125 Å². The molecule has 0 heterocycles. The van der Waals surface area contributed by atoms with Gasteiger partial charge >= 0.3 is 6.36 Å². The fraction of sp³-hybridized carbons (Fsp3) is 0.200. The lowest BCUT2D eigenvalue weighted by molar-refractivity contribution is -0.274. The molecule has 2 aromatic carbocycles. The van der Waals surface area contributed by atoms with Crippen molar-refractivity contribution in [3.63, 3.8) is 0 Å². The van der Waals surface area contributed by atoms with E-state index in [9.17, 15) is 13.2 Å². The summed E-state index contributed by atoms with van der Waals surface area (Å²) in [6.07, 6.45) is -4.72. The Morgan fingerprint density at radius 3 is 2.33 bits per heavy atom. The maximum absolute atomic E-state index is 12.3. The van der Waals surface area contributed by atoms with Crippen molar-refractivity contribution in [2.75, 3.05) is 19.0 Å². The Morgan fingerprint density at radius 1 is 1.05 bits per heavy atom. The summed E-state index contributed by atoms with van der Waals surface area (Å²) in [6, 6.07) is 11.1. The minimum atomic E-state index is -4.72. The average molecular weight is 316 g/mol. The van der Waals surface area contributed by atoms with Gasteiger partial charge in [0.2, 0.25) is 0 Å². The van der Waals surface area contributed by atoms with Gasteiger partial charge in [-0.2, -0.15) is 0 Å². The van der Waals surface area contributed by atoms with Gasteiger partial charge in [-0.15, -0.1) is 13.2 Å². The number of alkyl halides is 3. The summed E-state index contributed by atoms with van der Waals surface area (Å²) in [5.74, 6) is -0.273. The highest BCUT2D eigenvalue weighted by atomic mass is 35.5. The molecule has 6 heteroatoms. The summed E-state index contributed by atoms with van der Waals surface area (Å²) in [6.45, 7) is 0. The first-order valence-electron chi connectivity index (χ1n) is 6.10. The number of ether oxygens (including phenoxy) is 1. The molecule has 21 heavy (non-hydrogen) atoms. The Balaban J connectivity index is 2.50. The number of hydrogen-bond donors (Lipinski definition) is 0. The predicted molar refractivity (Wildman–Crippen MR) is 77.9 cm³/mol. The van der Waals surface area contributed by atoms with Gasteiger partial charge in [0.1, 0.15) is 5.75 Å². The van der Waals surface area contributed by atoms with E-state index in [1.807, 2.05) is 25.1 Å². The van der Waals surface area contributed by atoms with Crippen LogP contribution in [-0.2, 0) is 0 Å². The lowest BCUT2D eigenvalue weighted by atomic mass is 10.0. The van der Waals surface area contributed by atoms with E-state index in [-0.39, 0.29) is 5.75 Å². The highest BCUT2D eigenvalue weighted by molar-refractivity contribution is 6.34. The van der Waals surface area contributed by atoms with Crippen molar-refractivity contribution in [2.24, 2.45) is 0 Å². The van der Waals surface area contributed by atoms with Crippen molar-refractivity contribution in [1.29, 1.82) is 0 Å². The van der Waals surface area contributed by atoms with E-state index in [0.717, 1.165) is 5.69 Å². The van der Waals surface area contributed by atoms with Crippen LogP contribution in [0.3, 0.4) is 0 Å². The van der Waals surface area contributed by atoms with Crippen LogP contribution in [0.15, 0.2) is 42.5 Å². The molecule has 0 aromatic heterocycles. The number of rotatable bonds is 3. The van der Waals surface area contributed by atoms with Gasteiger partial charge in [0.15, 0.2) is 0 Å². The smallest absolute Gasteiger partial charge is 0.406 e. The second-order valence-corrected chi connectivity index (χ2v) is 5.01. The Kier molecular flexibility index (Phi) is 4.32. The van der Waals surface area contributed by atoms with Crippen LogP contribution >= 0.6 is 11.6 Å². The van der Waals surface area contributed by atoms with Crippen molar-refractivity contribution >= 4 is 17.3 Å². The monoisotopic (exact) mass is 315 g/mol. The zero-order valence-corrected chi connectivity index (χ0v) is 12.2. The van der Waals surface area contributed by atoms with Gasteiger partial charge in [-0.05, 0) is 29.8 Å². The number of halogens is 4. The van der Waals surface area contributed by atoms with E-state index in [1.165, 1.54) is 18.2 Å². The lowest BCUT2D eigenvalue weighted by Gasteiger charge is -2.19. The van der Waals surface area contributed by atoms with Crippen molar-refractivity contribution < 1.29 is 17.9 Å². The third-order valence-electron chi connectivity index (χ3n) is 2.83. The molecule has 0 aliphatic rings. The summed E-state index contributed by atoms with van der Waals surface area (Å²) >= 11 is 6.20. The van der Waals surface area contributed by atoms with Crippen LogP contribution in [0.5, 0.6) is 5.75 Å². The van der Waals surface area contributed by atoms with Gasteiger partial charge in [-0.1, -0.05) is 29.8 Å². The molecule has 0 N–H and O–H groups in total. The zero-order chi connectivity index (χ0) is 15.6. The molecule has 2 nitrogen and oxygen atoms in total. The minimum absolute atomic E-state index is 0.273. The molecule has 2 rings (SSSR count). The van der Waals surface area contributed by atoms with Crippen LogP contribution < -0.4 is 9.64 Å². The average Bonchev–Trinajstić information content (AvgIpc) is 2.36. The fourth-order valence-corrected chi connectivity index (χ4v) is 2.30. The number of nitrogens with zero attached hydrogens (tertiary/aromatic N) is 1. The molecule has 0 aliphatic heterocycles. The van der Waals surface area contributed by atoms with Gasteiger partial charge in [0, 0.05) is 25.3 Å². The van der Waals surface area contributed by atoms with Gasteiger partial charge in [-0.3, -0.25) is 0 Å². The van der Waals surface area contributed by atoms with Crippen LogP contribution in [0.2, 0.25) is 5.02 Å². The van der Waals surface area contributed by atoms with Gasteiger partial charge in [-0.25, -0.2) is 0 Å². The van der Waals surface area contributed by atoms with Crippen LogP contribution in [0.1, 0.15) is 0 Å². The number of benzene rings is 2. The molecule has 0 spiro atoms. The van der Waals surface area contributed by atoms with E-state index < -0.39 is 6.36 Å². The van der Waals surface area contributed by atoms with Crippen molar-refractivity contribution in [1.82, 2.24) is 0 Å². The quantitative estimate of drug-likeness (QED) is 0.792. The van der Waals surface area contributed by atoms with E-state index >= 15 is 0 Å². The highest BCUT2D eigenvalue weighted by Crippen LogP contribution is 2.38. The third kappa shape index (κ3) is 3.82. The summed E-state index contributed by atoms with van der Waals surface area (Å²) in [5, 5.41) is 0.463. The first-order valence-corrected chi connectivity index (χ1v) is 6.48. The predicted octanol–water partition coefficient (Wildman–Crippen LogP) is 4.97. The SMILES string of the molecule is CN(C)c1cccc(Cl)c1-c1cccc(OC(F)(F)F)c1. The van der Waals surface area contributed by atoms with Crippen molar-refractivity contribution in [2.45, 2.75) is 6.36 Å². The van der Waals surface area contributed by atoms with Gasteiger partial charge in [0.25, 0.3) is 0 Å². The normalized spacial score (nSPS) is 11.3. The van der Waals surface area contributed by atoms with Crippen LogP contribution in [-0.4, -0.2) is 20.5 Å². The van der Waals surface area contributed by atoms with E-state index in [2.05, 4.69) is 4.74 Å². The summed E-state index contributed by atoms with van der Waals surface area (Å²) < 4.78 is 40.9. The molecule has 0 amide bonds. The zero-order valence-electron chi connectivity index (χ0n) is 11.4. The fourth-order valence-electron chi connectivity index (χ4n) is 2.02. The molecular weight excluding hydrogens is 303 g/mol. The first kappa shape index (κ1) is 15.5. The summed E-state index contributed by atoms with van der Waals surface area (Å²) in [7, 11) is 3.68. The highest BCUT2D eigenvalue weighted by Gasteiger charge is 2.31. The molecule has 0 fully saturated rings. The van der Waals surface area contributed by atoms with Crippen LogP contribution in [0, 0.1) is 0 Å². The second-order valence-electron chi connectivity index (χ2n) is 4.60. The van der Waals surface area contributed by atoms with E-state index in [0.29, 0.717) is 16.1 Å². The molecule has 0 bridgehead atoms. The first-order chi connectivity index (χ1) is 9.78. The van der Waals surface area contributed by atoms with Crippen molar-refractivity contribution in [3.8, 4) is 16.9 Å². The molecular formula is C15H13ClF3NO. The van der Waals surface area contributed by atoms with E-state index in [1.54, 1.807) is 18.2 Å². The standard InChI is InChI=1S/C15H13ClF3NO/c1-20(2)13-8-4-7-12(16)14(13)10-5-3-6-11(9-10)21-15(17,18)19/h3-9H,1-2H3.